The molecule has 1 aliphatic heterocycles. The van der Waals surface area contributed by atoms with Crippen LogP contribution < -0.4 is 5.32 Å². The largest absolute Gasteiger partial charge is 0.317 e. The second kappa shape index (κ2) is 5.32. The molecule has 5 nitrogen and oxygen atoms in total. The number of para-hydroxylation sites is 1. The fourth-order valence-electron chi connectivity index (χ4n) is 2.46. The lowest BCUT2D eigenvalue weighted by molar-refractivity contribution is 0.0887. The van der Waals surface area contributed by atoms with Gasteiger partial charge in [0.15, 0.2) is 5.78 Å². The number of nitrogens with one attached hydrogen (secondary N) is 1. The zero-order chi connectivity index (χ0) is 13.1. The van der Waals surface area contributed by atoms with Gasteiger partial charge < -0.3 is 5.32 Å². The van der Waals surface area contributed by atoms with Crippen molar-refractivity contribution in [1.82, 2.24) is 20.3 Å². The van der Waals surface area contributed by atoms with E-state index < -0.39 is 0 Å². The van der Waals surface area contributed by atoms with E-state index in [9.17, 15) is 4.79 Å². The van der Waals surface area contributed by atoms with Crippen LogP contribution >= 0.6 is 0 Å². The van der Waals surface area contributed by atoms with Gasteiger partial charge in [-0.15, -0.1) is 5.10 Å². The zero-order valence-corrected chi connectivity index (χ0v) is 10.6. The van der Waals surface area contributed by atoms with Gasteiger partial charge in [-0.1, -0.05) is 23.4 Å². The molecule has 1 aliphatic rings. The molecule has 0 spiro atoms. The first-order valence-electron chi connectivity index (χ1n) is 6.57. The third-order valence-electron chi connectivity index (χ3n) is 3.51. The molecule has 0 saturated carbocycles. The van der Waals surface area contributed by atoms with Crippen LogP contribution in [0.2, 0.25) is 0 Å². The highest BCUT2D eigenvalue weighted by Gasteiger charge is 2.25. The van der Waals surface area contributed by atoms with Gasteiger partial charge in [-0.25, -0.2) is 4.68 Å². The molecular weight excluding hydrogens is 240 g/mol. The summed E-state index contributed by atoms with van der Waals surface area (Å²) in [5.41, 5.74) is 1.45. The number of hydrogen-bond donors (Lipinski definition) is 1. The monoisotopic (exact) mass is 256 g/mol. The fraction of sp³-hybridized carbons (Fsp3) is 0.357. The van der Waals surface area contributed by atoms with Crippen molar-refractivity contribution in [3.05, 3.63) is 42.2 Å². The van der Waals surface area contributed by atoms with Crippen LogP contribution in [0.4, 0.5) is 0 Å². The number of Topliss-reactive ketones (excluding diaryl/α,β-unsaturated/α-hetero) is 1. The molecule has 1 fully saturated rings. The third kappa shape index (κ3) is 2.42. The Kier molecular flexibility index (Phi) is 3.37. The molecule has 0 unspecified atom stereocenters. The summed E-state index contributed by atoms with van der Waals surface area (Å²) in [7, 11) is 0. The summed E-state index contributed by atoms with van der Waals surface area (Å²) in [6.45, 7) is 1.81. The number of carbonyl (C=O) groups is 1. The molecule has 5 heteroatoms. The Morgan fingerprint density at radius 2 is 1.95 bits per heavy atom. The predicted molar refractivity (Wildman–Crippen MR) is 71.3 cm³/mol. The van der Waals surface area contributed by atoms with Crippen molar-refractivity contribution in [3.63, 3.8) is 0 Å². The van der Waals surface area contributed by atoms with Gasteiger partial charge in [-0.3, -0.25) is 4.79 Å². The van der Waals surface area contributed by atoms with Crippen LogP contribution in [0.25, 0.3) is 5.69 Å². The first kappa shape index (κ1) is 12.0. The van der Waals surface area contributed by atoms with Gasteiger partial charge in [-0.05, 0) is 38.1 Å². The molecule has 98 valence electrons. The van der Waals surface area contributed by atoms with Gasteiger partial charge in [0.1, 0.15) is 5.69 Å². The van der Waals surface area contributed by atoms with Crippen LogP contribution in [0.3, 0.4) is 0 Å². The lowest BCUT2D eigenvalue weighted by Gasteiger charge is -2.21. The van der Waals surface area contributed by atoms with E-state index in [0.29, 0.717) is 5.69 Å². The van der Waals surface area contributed by atoms with Crippen molar-refractivity contribution in [2.24, 2.45) is 5.92 Å². The SMILES string of the molecule is O=C(c1cnnn1-c1ccccc1)C1CCNCC1. The lowest BCUT2D eigenvalue weighted by atomic mass is 9.92. The van der Waals surface area contributed by atoms with Crippen molar-refractivity contribution in [2.45, 2.75) is 12.8 Å². The highest BCUT2D eigenvalue weighted by molar-refractivity contribution is 5.96. The number of rotatable bonds is 3. The Morgan fingerprint density at radius 1 is 1.21 bits per heavy atom. The maximum absolute atomic E-state index is 12.5. The minimum atomic E-state index is 0.0854. The molecule has 0 aliphatic carbocycles. The molecule has 3 rings (SSSR count). The average Bonchev–Trinajstić information content (AvgIpc) is 2.98. The van der Waals surface area contributed by atoms with E-state index in [1.54, 1.807) is 10.9 Å². The summed E-state index contributed by atoms with van der Waals surface area (Å²) in [6, 6.07) is 9.64. The van der Waals surface area contributed by atoms with Crippen molar-refractivity contribution in [2.75, 3.05) is 13.1 Å². The van der Waals surface area contributed by atoms with Crippen molar-refractivity contribution in [1.29, 1.82) is 0 Å². The molecule has 0 bridgehead atoms. The number of aromatic nitrogens is 3. The Bertz CT molecular complexity index is 558. The topological polar surface area (TPSA) is 59.8 Å². The van der Waals surface area contributed by atoms with Crippen LogP contribution in [0, 0.1) is 5.92 Å². The number of benzene rings is 1. The number of piperidine rings is 1. The minimum Gasteiger partial charge on any atom is -0.317 e. The highest BCUT2D eigenvalue weighted by Crippen LogP contribution is 2.19. The van der Waals surface area contributed by atoms with Crippen molar-refractivity contribution < 1.29 is 4.79 Å². The van der Waals surface area contributed by atoms with Crippen LogP contribution in [0.1, 0.15) is 23.3 Å². The van der Waals surface area contributed by atoms with E-state index >= 15 is 0 Å². The van der Waals surface area contributed by atoms with E-state index in [1.807, 2.05) is 30.3 Å². The lowest BCUT2D eigenvalue weighted by Crippen LogP contribution is -2.32. The molecular formula is C14H16N4O. The van der Waals surface area contributed by atoms with Crippen LogP contribution in [0.5, 0.6) is 0 Å². The van der Waals surface area contributed by atoms with Crippen LogP contribution in [-0.2, 0) is 0 Å². The summed E-state index contributed by atoms with van der Waals surface area (Å²) < 4.78 is 1.63. The smallest absolute Gasteiger partial charge is 0.186 e. The highest BCUT2D eigenvalue weighted by atomic mass is 16.1. The molecule has 0 radical (unpaired) electrons. The van der Waals surface area contributed by atoms with E-state index in [-0.39, 0.29) is 11.7 Å². The number of carbonyl (C=O) groups excluding carboxylic acids is 1. The maximum Gasteiger partial charge on any atom is 0.186 e. The molecule has 1 N–H and O–H groups in total. The van der Waals surface area contributed by atoms with Gasteiger partial charge in [0.2, 0.25) is 0 Å². The predicted octanol–water partition coefficient (Wildman–Crippen LogP) is 1.45. The number of ketones is 1. The standard InChI is InChI=1S/C14H16N4O/c19-14(11-6-8-15-9-7-11)13-10-16-17-18(13)12-4-2-1-3-5-12/h1-5,10-11,15H,6-9H2. The third-order valence-corrected chi connectivity index (χ3v) is 3.51. The van der Waals surface area contributed by atoms with Gasteiger partial charge in [0, 0.05) is 5.92 Å². The number of hydrogen-bond acceptors (Lipinski definition) is 4. The number of nitrogens with zero attached hydrogens (tertiary/aromatic N) is 3. The molecule has 1 aromatic carbocycles. The molecule has 2 aromatic rings. The zero-order valence-electron chi connectivity index (χ0n) is 10.6. The Balaban J connectivity index is 1.89. The first-order chi connectivity index (χ1) is 9.36. The molecule has 0 amide bonds. The quantitative estimate of drug-likeness (QED) is 0.844. The molecule has 19 heavy (non-hydrogen) atoms. The summed E-state index contributed by atoms with van der Waals surface area (Å²) >= 11 is 0. The molecule has 0 atom stereocenters. The molecule has 1 saturated heterocycles. The van der Waals surface area contributed by atoms with E-state index in [0.717, 1.165) is 31.6 Å². The van der Waals surface area contributed by atoms with E-state index in [4.69, 9.17) is 0 Å². The Hall–Kier alpha value is -2.01. The van der Waals surface area contributed by atoms with Gasteiger partial charge in [0.25, 0.3) is 0 Å². The summed E-state index contributed by atoms with van der Waals surface area (Å²) in [5, 5.41) is 11.2. The Morgan fingerprint density at radius 3 is 2.68 bits per heavy atom. The second-order valence-corrected chi connectivity index (χ2v) is 4.76. The summed E-state index contributed by atoms with van der Waals surface area (Å²) in [4.78, 5) is 12.5. The van der Waals surface area contributed by atoms with Crippen molar-refractivity contribution >= 4 is 5.78 Å². The maximum atomic E-state index is 12.5. The van der Waals surface area contributed by atoms with Gasteiger partial charge in [0.05, 0.1) is 11.9 Å². The second-order valence-electron chi connectivity index (χ2n) is 4.76. The van der Waals surface area contributed by atoms with Crippen molar-refractivity contribution in [3.8, 4) is 5.69 Å². The van der Waals surface area contributed by atoms with Crippen LogP contribution in [0.15, 0.2) is 36.5 Å². The fourth-order valence-corrected chi connectivity index (χ4v) is 2.46. The van der Waals surface area contributed by atoms with Gasteiger partial charge in [-0.2, -0.15) is 0 Å². The molecule has 2 heterocycles. The average molecular weight is 256 g/mol. The van der Waals surface area contributed by atoms with E-state index in [2.05, 4.69) is 15.6 Å². The molecule has 1 aromatic heterocycles. The minimum absolute atomic E-state index is 0.0854. The van der Waals surface area contributed by atoms with Gasteiger partial charge >= 0.3 is 0 Å². The summed E-state index contributed by atoms with van der Waals surface area (Å²) in [5.74, 6) is 0.234. The Labute approximate surface area is 111 Å². The van der Waals surface area contributed by atoms with E-state index in [1.165, 1.54) is 0 Å². The normalized spacial score (nSPS) is 16.4. The van der Waals surface area contributed by atoms with Crippen LogP contribution in [-0.4, -0.2) is 33.9 Å². The first-order valence-corrected chi connectivity index (χ1v) is 6.57. The summed E-state index contributed by atoms with van der Waals surface area (Å²) in [6.07, 6.45) is 3.34.